The molecule has 0 amide bonds. The van der Waals surface area contributed by atoms with Gasteiger partial charge in [-0.05, 0) is 65.3 Å². The molecule has 18 heavy (non-hydrogen) atoms. The van der Waals surface area contributed by atoms with Crippen molar-refractivity contribution in [1.82, 2.24) is 9.97 Å². The summed E-state index contributed by atoms with van der Waals surface area (Å²) in [5.41, 5.74) is 7.93. The topological polar surface area (TPSA) is 51.8 Å². The second-order valence-electron chi connectivity index (χ2n) is 4.06. The third-order valence-corrected chi connectivity index (χ3v) is 4.33. The van der Waals surface area contributed by atoms with Gasteiger partial charge < -0.3 is 5.73 Å². The zero-order valence-electron chi connectivity index (χ0n) is 10.2. The first-order valence-electron chi connectivity index (χ1n) is 5.59. The smallest absolute Gasteiger partial charge is 0.192 e. The summed E-state index contributed by atoms with van der Waals surface area (Å²) in [5, 5.41) is 0.754. The van der Waals surface area contributed by atoms with E-state index in [-0.39, 0.29) is 6.04 Å². The van der Waals surface area contributed by atoms with Gasteiger partial charge in [0.05, 0.1) is 0 Å². The summed E-state index contributed by atoms with van der Waals surface area (Å²) in [6.07, 6.45) is 1.77. The van der Waals surface area contributed by atoms with Crippen LogP contribution in [0, 0.1) is 6.92 Å². The van der Waals surface area contributed by atoms with Crippen LogP contribution in [0.15, 0.2) is 45.0 Å². The predicted molar refractivity (Wildman–Crippen MR) is 77.6 cm³/mol. The highest BCUT2D eigenvalue weighted by Gasteiger charge is 2.07. The minimum atomic E-state index is 0.0376. The maximum atomic E-state index is 5.85. The number of aromatic nitrogens is 2. The average molecular weight is 324 g/mol. The number of halogens is 1. The zero-order chi connectivity index (χ0) is 13.1. The molecule has 0 spiro atoms. The monoisotopic (exact) mass is 323 g/mol. The Morgan fingerprint density at radius 2 is 2.11 bits per heavy atom. The van der Waals surface area contributed by atoms with Crippen LogP contribution < -0.4 is 5.73 Å². The van der Waals surface area contributed by atoms with Crippen LogP contribution in [0.25, 0.3) is 0 Å². The molecule has 0 bridgehead atoms. The fraction of sp³-hybridized carbons (Fsp3) is 0.231. The lowest BCUT2D eigenvalue weighted by Gasteiger charge is -2.09. The molecule has 5 heteroatoms. The Morgan fingerprint density at radius 1 is 1.33 bits per heavy atom. The van der Waals surface area contributed by atoms with Crippen molar-refractivity contribution >= 4 is 27.7 Å². The van der Waals surface area contributed by atoms with Gasteiger partial charge in [0.15, 0.2) is 5.16 Å². The molecule has 3 nitrogen and oxygen atoms in total. The summed E-state index contributed by atoms with van der Waals surface area (Å²) in [7, 11) is 0. The van der Waals surface area contributed by atoms with E-state index in [1.165, 1.54) is 11.8 Å². The molecule has 2 N–H and O–H groups in total. The van der Waals surface area contributed by atoms with Crippen LogP contribution >= 0.6 is 27.7 Å². The van der Waals surface area contributed by atoms with Gasteiger partial charge in [-0.15, -0.1) is 0 Å². The molecule has 1 aromatic carbocycles. The lowest BCUT2D eigenvalue weighted by Crippen LogP contribution is -2.04. The van der Waals surface area contributed by atoms with E-state index in [1.54, 1.807) is 6.20 Å². The number of hydrogen-bond donors (Lipinski definition) is 1. The minimum absolute atomic E-state index is 0.0376. The molecule has 1 heterocycles. The van der Waals surface area contributed by atoms with E-state index in [0.717, 1.165) is 25.8 Å². The summed E-state index contributed by atoms with van der Waals surface area (Å²) in [6.45, 7) is 3.93. The lowest BCUT2D eigenvalue weighted by atomic mass is 10.1. The van der Waals surface area contributed by atoms with E-state index in [4.69, 9.17) is 5.73 Å². The number of nitrogens with zero attached hydrogens (tertiary/aromatic N) is 2. The van der Waals surface area contributed by atoms with Crippen LogP contribution in [0.5, 0.6) is 0 Å². The molecule has 0 aliphatic carbocycles. The molecular weight excluding hydrogens is 310 g/mol. The minimum Gasteiger partial charge on any atom is -0.324 e. The van der Waals surface area contributed by atoms with Gasteiger partial charge in [-0.3, -0.25) is 0 Å². The molecule has 0 saturated heterocycles. The summed E-state index contributed by atoms with van der Waals surface area (Å²) >= 11 is 5.10. The Hall–Kier alpha value is -0.910. The Kier molecular flexibility index (Phi) is 4.37. The van der Waals surface area contributed by atoms with Gasteiger partial charge in [0.2, 0.25) is 0 Å². The van der Waals surface area contributed by atoms with Crippen molar-refractivity contribution < 1.29 is 0 Å². The molecule has 1 atom stereocenters. The van der Waals surface area contributed by atoms with Gasteiger partial charge in [-0.1, -0.05) is 6.07 Å². The standard InChI is InChI=1S/C13H14BrN3S/c1-8-5-6-16-13(17-8)18-12-4-3-10(9(2)15)7-11(12)14/h3-7,9H,15H2,1-2H3/t9-/m1/s1. The number of aryl methyl sites for hydroxylation is 1. The van der Waals surface area contributed by atoms with Crippen molar-refractivity contribution in [1.29, 1.82) is 0 Å². The quantitative estimate of drug-likeness (QED) is 0.874. The summed E-state index contributed by atoms with van der Waals surface area (Å²) in [6, 6.07) is 8.05. The van der Waals surface area contributed by atoms with Gasteiger partial charge in [0, 0.05) is 27.3 Å². The van der Waals surface area contributed by atoms with E-state index >= 15 is 0 Å². The number of hydrogen-bond acceptors (Lipinski definition) is 4. The first-order valence-corrected chi connectivity index (χ1v) is 7.20. The Morgan fingerprint density at radius 3 is 2.72 bits per heavy atom. The molecule has 0 radical (unpaired) electrons. The van der Waals surface area contributed by atoms with Gasteiger partial charge in [0.1, 0.15) is 0 Å². The van der Waals surface area contributed by atoms with E-state index in [9.17, 15) is 0 Å². The molecule has 2 rings (SSSR count). The average Bonchev–Trinajstić information content (AvgIpc) is 2.31. The first kappa shape index (κ1) is 13.5. The Bertz CT molecular complexity index is 558. The summed E-state index contributed by atoms with van der Waals surface area (Å²) in [4.78, 5) is 9.70. The molecule has 0 fully saturated rings. The normalized spacial score (nSPS) is 12.4. The lowest BCUT2D eigenvalue weighted by molar-refractivity contribution is 0.815. The fourth-order valence-electron chi connectivity index (χ4n) is 1.46. The maximum Gasteiger partial charge on any atom is 0.192 e. The van der Waals surface area contributed by atoms with E-state index in [1.807, 2.05) is 38.1 Å². The van der Waals surface area contributed by atoms with Crippen LogP contribution in [0.4, 0.5) is 0 Å². The van der Waals surface area contributed by atoms with Crippen LogP contribution in [0.2, 0.25) is 0 Å². The van der Waals surface area contributed by atoms with E-state index in [0.29, 0.717) is 0 Å². The number of benzene rings is 1. The number of nitrogens with two attached hydrogens (primary N) is 1. The van der Waals surface area contributed by atoms with Crippen LogP contribution in [0.3, 0.4) is 0 Å². The second-order valence-corrected chi connectivity index (χ2v) is 5.92. The highest BCUT2D eigenvalue weighted by molar-refractivity contribution is 9.10. The molecule has 0 unspecified atom stereocenters. The SMILES string of the molecule is Cc1ccnc(Sc2ccc([C@@H](C)N)cc2Br)n1. The first-order chi connectivity index (χ1) is 8.56. The van der Waals surface area contributed by atoms with Crippen LogP contribution in [-0.4, -0.2) is 9.97 Å². The van der Waals surface area contributed by atoms with Crippen molar-refractivity contribution in [3.63, 3.8) is 0 Å². The predicted octanol–water partition coefficient (Wildman–Crippen LogP) is 3.72. The molecule has 2 aromatic rings. The van der Waals surface area contributed by atoms with Crippen molar-refractivity contribution in [2.75, 3.05) is 0 Å². The van der Waals surface area contributed by atoms with Crippen LogP contribution in [-0.2, 0) is 0 Å². The second kappa shape index (κ2) is 5.82. The zero-order valence-corrected chi connectivity index (χ0v) is 12.6. The molecule has 0 aliphatic heterocycles. The fourth-order valence-corrected chi connectivity index (χ4v) is 2.89. The van der Waals surface area contributed by atoms with Crippen molar-refractivity contribution in [3.8, 4) is 0 Å². The highest BCUT2D eigenvalue weighted by atomic mass is 79.9. The van der Waals surface area contributed by atoms with Crippen molar-refractivity contribution in [2.24, 2.45) is 5.73 Å². The Labute approximate surface area is 119 Å². The van der Waals surface area contributed by atoms with Gasteiger partial charge in [0.25, 0.3) is 0 Å². The van der Waals surface area contributed by atoms with Crippen LogP contribution in [0.1, 0.15) is 24.2 Å². The molecule has 94 valence electrons. The molecule has 0 saturated carbocycles. The molecule has 1 aromatic heterocycles. The number of rotatable bonds is 3. The van der Waals surface area contributed by atoms with E-state index < -0.39 is 0 Å². The molecular formula is C13H14BrN3S. The van der Waals surface area contributed by atoms with Gasteiger partial charge in [-0.25, -0.2) is 9.97 Å². The van der Waals surface area contributed by atoms with Crippen molar-refractivity contribution in [2.45, 2.75) is 29.9 Å². The van der Waals surface area contributed by atoms with E-state index in [2.05, 4.69) is 25.9 Å². The largest absolute Gasteiger partial charge is 0.324 e. The molecule has 0 aliphatic rings. The van der Waals surface area contributed by atoms with Gasteiger partial charge in [-0.2, -0.15) is 0 Å². The Balaban J connectivity index is 2.24. The third kappa shape index (κ3) is 3.31. The summed E-state index contributed by atoms with van der Waals surface area (Å²) < 4.78 is 1.02. The van der Waals surface area contributed by atoms with Crippen molar-refractivity contribution in [3.05, 3.63) is 46.2 Å². The highest BCUT2D eigenvalue weighted by Crippen LogP contribution is 2.33. The maximum absolute atomic E-state index is 5.85. The van der Waals surface area contributed by atoms with Gasteiger partial charge >= 0.3 is 0 Å². The summed E-state index contributed by atoms with van der Waals surface area (Å²) in [5.74, 6) is 0. The third-order valence-electron chi connectivity index (χ3n) is 2.46.